The van der Waals surface area contributed by atoms with Crippen LogP contribution >= 0.6 is 0 Å². The summed E-state index contributed by atoms with van der Waals surface area (Å²) in [5.41, 5.74) is 4.23. The summed E-state index contributed by atoms with van der Waals surface area (Å²) in [6.45, 7) is 4.06. The zero-order valence-electron chi connectivity index (χ0n) is 14.1. The molecule has 24 heavy (non-hydrogen) atoms. The number of nitrogens with one attached hydrogen (secondary N) is 2. The molecule has 2 aromatic carbocycles. The van der Waals surface area contributed by atoms with E-state index < -0.39 is 0 Å². The van der Waals surface area contributed by atoms with Crippen molar-refractivity contribution in [3.8, 4) is 0 Å². The summed E-state index contributed by atoms with van der Waals surface area (Å²) in [5, 5.41) is 5.89. The molecular weight excluding hydrogens is 300 g/mol. The van der Waals surface area contributed by atoms with E-state index in [1.165, 1.54) is 0 Å². The number of hydrogen-bond acceptors (Lipinski definition) is 2. The van der Waals surface area contributed by atoms with E-state index in [0.29, 0.717) is 11.3 Å². The molecule has 0 saturated heterocycles. The zero-order valence-corrected chi connectivity index (χ0v) is 14.1. The first-order valence-corrected chi connectivity index (χ1v) is 8.39. The van der Waals surface area contributed by atoms with Crippen LogP contribution in [0.1, 0.15) is 41.3 Å². The number of carbonyl (C=O) groups excluding carboxylic acids is 2. The van der Waals surface area contributed by atoms with Gasteiger partial charge < -0.3 is 10.6 Å². The number of hydrogen-bond donors (Lipinski definition) is 2. The third kappa shape index (κ3) is 3.65. The Morgan fingerprint density at radius 1 is 1.08 bits per heavy atom. The van der Waals surface area contributed by atoms with Gasteiger partial charge in [0.05, 0.1) is 0 Å². The van der Waals surface area contributed by atoms with Crippen molar-refractivity contribution >= 4 is 23.2 Å². The molecule has 4 heteroatoms. The van der Waals surface area contributed by atoms with Gasteiger partial charge in [0.1, 0.15) is 0 Å². The van der Waals surface area contributed by atoms with Crippen molar-refractivity contribution in [1.82, 2.24) is 0 Å². The first-order valence-electron chi connectivity index (χ1n) is 8.39. The van der Waals surface area contributed by atoms with E-state index in [1.807, 2.05) is 31.2 Å². The molecule has 2 N–H and O–H groups in total. The average Bonchev–Trinajstić information content (AvgIpc) is 3.42. The van der Waals surface area contributed by atoms with Gasteiger partial charge in [-0.05, 0) is 55.5 Å². The normalized spacial score (nSPS) is 13.4. The Labute approximate surface area is 142 Å². The Morgan fingerprint density at radius 2 is 1.83 bits per heavy atom. The predicted molar refractivity (Wildman–Crippen MR) is 96.3 cm³/mol. The van der Waals surface area contributed by atoms with Crippen LogP contribution in [-0.4, -0.2) is 11.8 Å². The van der Waals surface area contributed by atoms with Crippen LogP contribution in [0, 0.1) is 12.8 Å². The zero-order chi connectivity index (χ0) is 17.1. The molecule has 4 nitrogen and oxygen atoms in total. The quantitative estimate of drug-likeness (QED) is 0.868. The standard InChI is InChI=1S/C20H22N2O2/c1-3-14-7-4-6-13(2)18(14)22-20(24)16-8-5-9-17(12-16)21-19(23)15-10-11-15/h4-9,12,15H,3,10-11H2,1-2H3,(H,21,23)(H,22,24). The van der Waals surface area contributed by atoms with Gasteiger partial charge in [0.25, 0.3) is 5.91 Å². The van der Waals surface area contributed by atoms with Gasteiger partial charge in [-0.3, -0.25) is 9.59 Å². The lowest BCUT2D eigenvalue weighted by atomic mass is 10.1. The fourth-order valence-corrected chi connectivity index (χ4v) is 2.72. The second-order valence-corrected chi connectivity index (χ2v) is 6.26. The Kier molecular flexibility index (Phi) is 4.65. The van der Waals surface area contributed by atoms with Gasteiger partial charge in [0.2, 0.25) is 5.91 Å². The Morgan fingerprint density at radius 3 is 2.54 bits per heavy atom. The second kappa shape index (κ2) is 6.87. The first kappa shape index (κ1) is 16.2. The van der Waals surface area contributed by atoms with Crippen molar-refractivity contribution in [2.75, 3.05) is 10.6 Å². The Bertz CT molecular complexity index is 779. The van der Waals surface area contributed by atoms with Gasteiger partial charge in [0.15, 0.2) is 0 Å². The van der Waals surface area contributed by atoms with Crippen molar-refractivity contribution in [3.63, 3.8) is 0 Å². The smallest absolute Gasteiger partial charge is 0.255 e. The van der Waals surface area contributed by atoms with Crippen LogP contribution in [0.25, 0.3) is 0 Å². The molecule has 1 fully saturated rings. The molecule has 0 aliphatic heterocycles. The number of benzene rings is 2. The maximum Gasteiger partial charge on any atom is 0.255 e. The van der Waals surface area contributed by atoms with Crippen molar-refractivity contribution in [2.45, 2.75) is 33.1 Å². The number of carbonyl (C=O) groups is 2. The summed E-state index contributed by atoms with van der Waals surface area (Å²) in [6, 6.07) is 13.1. The van der Waals surface area contributed by atoms with Crippen LogP contribution in [0.4, 0.5) is 11.4 Å². The first-order chi connectivity index (χ1) is 11.6. The molecule has 0 atom stereocenters. The maximum absolute atomic E-state index is 12.6. The molecule has 2 amide bonds. The molecule has 1 saturated carbocycles. The maximum atomic E-state index is 12.6. The largest absolute Gasteiger partial charge is 0.326 e. The highest BCUT2D eigenvalue weighted by molar-refractivity contribution is 6.06. The van der Waals surface area contributed by atoms with E-state index in [9.17, 15) is 9.59 Å². The SMILES string of the molecule is CCc1cccc(C)c1NC(=O)c1cccc(NC(=O)C2CC2)c1. The summed E-state index contributed by atoms with van der Waals surface area (Å²) >= 11 is 0. The second-order valence-electron chi connectivity index (χ2n) is 6.26. The van der Waals surface area contributed by atoms with Gasteiger partial charge in [-0.25, -0.2) is 0 Å². The average molecular weight is 322 g/mol. The van der Waals surface area contributed by atoms with Crippen LogP contribution < -0.4 is 10.6 Å². The van der Waals surface area contributed by atoms with Gasteiger partial charge in [-0.1, -0.05) is 31.2 Å². The van der Waals surface area contributed by atoms with Gasteiger partial charge in [-0.15, -0.1) is 0 Å². The highest BCUT2D eigenvalue weighted by atomic mass is 16.2. The Hall–Kier alpha value is -2.62. The van der Waals surface area contributed by atoms with Crippen molar-refractivity contribution in [2.24, 2.45) is 5.92 Å². The number of anilines is 2. The monoisotopic (exact) mass is 322 g/mol. The van der Waals surface area contributed by atoms with E-state index in [0.717, 1.165) is 36.1 Å². The fourth-order valence-electron chi connectivity index (χ4n) is 2.72. The van der Waals surface area contributed by atoms with Gasteiger partial charge in [-0.2, -0.15) is 0 Å². The molecule has 2 aromatic rings. The molecule has 0 unspecified atom stereocenters. The number of aryl methyl sites for hydroxylation is 2. The van der Waals surface area contributed by atoms with E-state index in [1.54, 1.807) is 18.2 Å². The molecular formula is C20H22N2O2. The molecule has 124 valence electrons. The lowest BCUT2D eigenvalue weighted by Crippen LogP contribution is -2.16. The minimum Gasteiger partial charge on any atom is -0.326 e. The van der Waals surface area contributed by atoms with E-state index in [4.69, 9.17) is 0 Å². The van der Waals surface area contributed by atoms with Crippen molar-refractivity contribution in [1.29, 1.82) is 0 Å². The fraction of sp³-hybridized carbons (Fsp3) is 0.300. The summed E-state index contributed by atoms with van der Waals surface area (Å²) in [6.07, 6.45) is 2.77. The highest BCUT2D eigenvalue weighted by Gasteiger charge is 2.29. The summed E-state index contributed by atoms with van der Waals surface area (Å²) < 4.78 is 0. The molecule has 0 heterocycles. The number of para-hydroxylation sites is 1. The van der Waals surface area contributed by atoms with Crippen LogP contribution in [0.3, 0.4) is 0 Å². The summed E-state index contributed by atoms with van der Waals surface area (Å²) in [4.78, 5) is 24.5. The summed E-state index contributed by atoms with van der Waals surface area (Å²) in [5.74, 6) is 0.0165. The third-order valence-corrected chi connectivity index (χ3v) is 4.32. The molecule has 0 aromatic heterocycles. The third-order valence-electron chi connectivity index (χ3n) is 4.32. The van der Waals surface area contributed by atoms with E-state index in [-0.39, 0.29) is 17.7 Å². The molecule has 3 rings (SSSR count). The minimum atomic E-state index is -0.165. The van der Waals surface area contributed by atoms with Gasteiger partial charge >= 0.3 is 0 Å². The van der Waals surface area contributed by atoms with Crippen LogP contribution in [-0.2, 0) is 11.2 Å². The lowest BCUT2D eigenvalue weighted by Gasteiger charge is -2.13. The molecule has 0 spiro atoms. The highest BCUT2D eigenvalue weighted by Crippen LogP contribution is 2.30. The van der Waals surface area contributed by atoms with Crippen molar-refractivity contribution < 1.29 is 9.59 Å². The van der Waals surface area contributed by atoms with Gasteiger partial charge in [0, 0.05) is 22.9 Å². The van der Waals surface area contributed by atoms with Crippen LogP contribution in [0.15, 0.2) is 42.5 Å². The van der Waals surface area contributed by atoms with E-state index >= 15 is 0 Å². The van der Waals surface area contributed by atoms with Crippen LogP contribution in [0.5, 0.6) is 0 Å². The minimum absolute atomic E-state index is 0.0414. The van der Waals surface area contributed by atoms with E-state index in [2.05, 4.69) is 17.6 Å². The number of amides is 2. The topological polar surface area (TPSA) is 58.2 Å². The predicted octanol–water partition coefficient (Wildman–Crippen LogP) is 4.16. The molecule has 1 aliphatic rings. The lowest BCUT2D eigenvalue weighted by molar-refractivity contribution is -0.117. The molecule has 0 bridgehead atoms. The molecule has 0 radical (unpaired) electrons. The Balaban J connectivity index is 1.77. The number of rotatable bonds is 5. The summed E-state index contributed by atoms with van der Waals surface area (Å²) in [7, 11) is 0. The van der Waals surface area contributed by atoms with Crippen LogP contribution in [0.2, 0.25) is 0 Å². The molecule has 1 aliphatic carbocycles. The van der Waals surface area contributed by atoms with Crippen molar-refractivity contribution in [3.05, 3.63) is 59.2 Å².